The van der Waals surface area contributed by atoms with Crippen LogP contribution in [0.3, 0.4) is 0 Å². The fraction of sp³-hybridized carbons (Fsp3) is 0.385. The minimum Gasteiger partial charge on any atom is -0.490 e. The summed E-state index contributed by atoms with van der Waals surface area (Å²) in [5.74, 6) is 1.58. The van der Waals surface area contributed by atoms with Crippen LogP contribution in [0, 0.1) is 0 Å². The topological polar surface area (TPSA) is 57.4 Å². The molecule has 0 aliphatic heterocycles. The molecule has 19 heavy (non-hydrogen) atoms. The van der Waals surface area contributed by atoms with E-state index < -0.39 is 0 Å². The van der Waals surface area contributed by atoms with E-state index in [1.54, 1.807) is 24.3 Å². The maximum absolute atomic E-state index is 5.77. The molecule has 0 N–H and O–H groups in total. The van der Waals surface area contributed by atoms with Crippen LogP contribution in [0.5, 0.6) is 11.8 Å². The van der Waals surface area contributed by atoms with Crippen LogP contribution in [0.1, 0.15) is 25.6 Å². The quantitative estimate of drug-likeness (QED) is 0.761. The molecule has 0 radical (unpaired) electrons. The van der Waals surface area contributed by atoms with E-state index >= 15 is 0 Å². The van der Waals surface area contributed by atoms with Crippen molar-refractivity contribution in [2.24, 2.45) is 0 Å². The van der Waals surface area contributed by atoms with Gasteiger partial charge in [-0.15, -0.1) is 0 Å². The number of benzene rings is 1. The molecule has 0 fully saturated rings. The Morgan fingerprint density at radius 1 is 1.16 bits per heavy atom. The third-order valence-electron chi connectivity index (χ3n) is 2.33. The summed E-state index contributed by atoms with van der Waals surface area (Å²) >= 11 is 5.77. The van der Waals surface area contributed by atoms with Gasteiger partial charge in [-0.1, -0.05) is 30.6 Å². The van der Waals surface area contributed by atoms with Crippen molar-refractivity contribution >= 4 is 11.6 Å². The summed E-state index contributed by atoms with van der Waals surface area (Å²) in [7, 11) is 0. The van der Waals surface area contributed by atoms with Crippen molar-refractivity contribution in [1.29, 1.82) is 0 Å². The molecule has 102 valence electrons. The number of ether oxygens (including phenoxy) is 2. The van der Waals surface area contributed by atoms with E-state index in [2.05, 4.69) is 10.1 Å². The van der Waals surface area contributed by atoms with Gasteiger partial charge in [0.05, 0.1) is 0 Å². The summed E-state index contributed by atoms with van der Waals surface area (Å²) in [6, 6.07) is 7.13. The standard InChI is InChI=1S/C13H15ClN2O3/c1-9(2)12-15-13(19-16-12)18-8-7-17-11-5-3-10(14)4-6-11/h3-6,9H,7-8H2,1-2H3. The molecular formula is C13H15ClN2O3. The second kappa shape index (κ2) is 6.43. The lowest BCUT2D eigenvalue weighted by Crippen LogP contribution is -2.09. The predicted molar refractivity (Wildman–Crippen MR) is 70.8 cm³/mol. The first kappa shape index (κ1) is 13.7. The molecular weight excluding hydrogens is 268 g/mol. The van der Waals surface area contributed by atoms with E-state index in [1.165, 1.54) is 0 Å². The van der Waals surface area contributed by atoms with Crippen LogP contribution in [0.2, 0.25) is 5.02 Å². The number of hydrogen-bond acceptors (Lipinski definition) is 5. The van der Waals surface area contributed by atoms with Gasteiger partial charge in [0.15, 0.2) is 5.82 Å². The molecule has 0 saturated heterocycles. The summed E-state index contributed by atoms with van der Waals surface area (Å²) in [4.78, 5) is 4.09. The first-order valence-corrected chi connectivity index (χ1v) is 6.37. The molecule has 0 atom stereocenters. The highest BCUT2D eigenvalue weighted by atomic mass is 35.5. The van der Waals surface area contributed by atoms with Crippen LogP contribution in [0.4, 0.5) is 0 Å². The van der Waals surface area contributed by atoms with Crippen molar-refractivity contribution < 1.29 is 14.0 Å². The number of halogens is 1. The van der Waals surface area contributed by atoms with E-state index in [0.717, 1.165) is 5.75 Å². The smallest absolute Gasteiger partial charge is 0.417 e. The molecule has 2 rings (SSSR count). The van der Waals surface area contributed by atoms with Gasteiger partial charge >= 0.3 is 6.08 Å². The lowest BCUT2D eigenvalue weighted by molar-refractivity contribution is 0.162. The molecule has 5 nitrogen and oxygen atoms in total. The summed E-state index contributed by atoms with van der Waals surface area (Å²) in [5.41, 5.74) is 0. The van der Waals surface area contributed by atoms with Crippen molar-refractivity contribution in [1.82, 2.24) is 10.1 Å². The highest BCUT2D eigenvalue weighted by Gasteiger charge is 2.10. The zero-order chi connectivity index (χ0) is 13.7. The SMILES string of the molecule is CC(C)c1noc(OCCOc2ccc(Cl)cc2)n1. The van der Waals surface area contributed by atoms with Gasteiger partial charge in [0.2, 0.25) is 0 Å². The second-order valence-electron chi connectivity index (χ2n) is 4.22. The maximum Gasteiger partial charge on any atom is 0.417 e. The number of rotatable bonds is 6. The van der Waals surface area contributed by atoms with Crippen molar-refractivity contribution in [3.8, 4) is 11.8 Å². The summed E-state index contributed by atoms with van der Waals surface area (Å²) < 4.78 is 15.7. The number of nitrogens with zero attached hydrogens (tertiary/aromatic N) is 2. The zero-order valence-electron chi connectivity index (χ0n) is 10.8. The molecule has 0 aliphatic rings. The van der Waals surface area contributed by atoms with Crippen molar-refractivity contribution in [3.63, 3.8) is 0 Å². The molecule has 2 aromatic rings. The summed E-state index contributed by atoms with van der Waals surface area (Å²) in [5, 5.41) is 4.47. The molecule has 0 aliphatic carbocycles. The Morgan fingerprint density at radius 2 is 1.84 bits per heavy atom. The Labute approximate surface area is 116 Å². The fourth-order valence-corrected chi connectivity index (χ4v) is 1.46. The monoisotopic (exact) mass is 282 g/mol. The van der Waals surface area contributed by atoms with E-state index in [4.69, 9.17) is 25.6 Å². The number of hydrogen-bond donors (Lipinski definition) is 0. The fourth-order valence-electron chi connectivity index (χ4n) is 1.33. The highest BCUT2D eigenvalue weighted by molar-refractivity contribution is 6.30. The summed E-state index contributed by atoms with van der Waals surface area (Å²) in [6.45, 7) is 4.69. The van der Waals surface area contributed by atoms with Gasteiger partial charge in [0.25, 0.3) is 0 Å². The third-order valence-corrected chi connectivity index (χ3v) is 2.58. The maximum atomic E-state index is 5.77. The van der Waals surface area contributed by atoms with E-state index in [-0.39, 0.29) is 12.0 Å². The van der Waals surface area contributed by atoms with Gasteiger partial charge in [0, 0.05) is 10.9 Å². The minimum atomic E-state index is 0.170. The molecule has 1 heterocycles. The van der Waals surface area contributed by atoms with Crippen LogP contribution in [-0.4, -0.2) is 23.4 Å². The molecule has 0 saturated carbocycles. The first-order chi connectivity index (χ1) is 9.15. The Hall–Kier alpha value is -1.75. The van der Waals surface area contributed by atoms with Gasteiger partial charge in [-0.3, -0.25) is 4.52 Å². The van der Waals surface area contributed by atoms with Gasteiger partial charge in [0.1, 0.15) is 19.0 Å². The first-order valence-electron chi connectivity index (χ1n) is 6.00. The Bertz CT molecular complexity index is 511. The van der Waals surface area contributed by atoms with Gasteiger partial charge < -0.3 is 9.47 Å². The minimum absolute atomic E-state index is 0.170. The van der Waals surface area contributed by atoms with Crippen LogP contribution >= 0.6 is 11.6 Å². The largest absolute Gasteiger partial charge is 0.490 e. The summed E-state index contributed by atoms with van der Waals surface area (Å²) in [6.07, 6.45) is 0.170. The molecule has 0 amide bonds. The average molecular weight is 283 g/mol. The van der Waals surface area contributed by atoms with Crippen molar-refractivity contribution in [2.45, 2.75) is 19.8 Å². The van der Waals surface area contributed by atoms with Crippen molar-refractivity contribution in [3.05, 3.63) is 35.1 Å². The van der Waals surface area contributed by atoms with Crippen molar-refractivity contribution in [2.75, 3.05) is 13.2 Å². The van der Waals surface area contributed by atoms with E-state index in [9.17, 15) is 0 Å². The zero-order valence-corrected chi connectivity index (χ0v) is 11.6. The third kappa shape index (κ3) is 4.13. The number of aromatic nitrogens is 2. The molecule has 1 aromatic carbocycles. The van der Waals surface area contributed by atoms with Crippen LogP contribution in [0.25, 0.3) is 0 Å². The highest BCUT2D eigenvalue weighted by Crippen LogP contribution is 2.16. The van der Waals surface area contributed by atoms with Crippen LogP contribution in [-0.2, 0) is 0 Å². The predicted octanol–water partition coefficient (Wildman–Crippen LogP) is 3.30. The molecule has 1 aromatic heterocycles. The van der Waals surface area contributed by atoms with Gasteiger partial charge in [-0.2, -0.15) is 4.98 Å². The normalized spacial score (nSPS) is 10.7. The molecule has 0 bridgehead atoms. The molecule has 0 spiro atoms. The lowest BCUT2D eigenvalue weighted by Gasteiger charge is -2.05. The Morgan fingerprint density at radius 3 is 2.47 bits per heavy atom. The van der Waals surface area contributed by atoms with E-state index in [0.29, 0.717) is 24.1 Å². The van der Waals surface area contributed by atoms with Gasteiger partial charge in [-0.05, 0) is 24.3 Å². The average Bonchev–Trinajstić information content (AvgIpc) is 2.86. The molecule has 0 unspecified atom stereocenters. The van der Waals surface area contributed by atoms with Gasteiger partial charge in [-0.25, -0.2) is 0 Å². The molecule has 6 heteroatoms. The lowest BCUT2D eigenvalue weighted by atomic mass is 10.2. The van der Waals surface area contributed by atoms with Crippen LogP contribution < -0.4 is 9.47 Å². The van der Waals surface area contributed by atoms with Crippen LogP contribution in [0.15, 0.2) is 28.8 Å². The Kier molecular flexibility index (Phi) is 4.63. The second-order valence-corrected chi connectivity index (χ2v) is 4.66. The van der Waals surface area contributed by atoms with E-state index in [1.807, 2.05) is 13.8 Å². The Balaban J connectivity index is 1.72.